The lowest BCUT2D eigenvalue weighted by molar-refractivity contribution is 0.211. The third-order valence-electron chi connectivity index (χ3n) is 2.06. The highest BCUT2D eigenvalue weighted by molar-refractivity contribution is 7.98. The third kappa shape index (κ3) is 5.09. The molecule has 2 nitrogen and oxygen atoms in total. The molecule has 1 aromatic rings. The summed E-state index contributed by atoms with van der Waals surface area (Å²) in [6.45, 7) is 3.79. The first kappa shape index (κ1) is 12.4. The number of thioether (sulfide) groups is 1. The fourth-order valence-electron chi connectivity index (χ4n) is 1.24. The van der Waals surface area contributed by atoms with Crippen LogP contribution in [0, 0.1) is 0 Å². The molecule has 84 valence electrons. The number of hydrogen-bond acceptors (Lipinski definition) is 3. The van der Waals surface area contributed by atoms with E-state index < -0.39 is 0 Å². The molecular weight excluding hydrogens is 206 g/mol. The van der Waals surface area contributed by atoms with Gasteiger partial charge in [-0.3, -0.25) is 0 Å². The normalized spacial score (nSPS) is 10.3. The summed E-state index contributed by atoms with van der Waals surface area (Å²) in [7, 11) is 1.72. The summed E-state index contributed by atoms with van der Waals surface area (Å²) in [6.07, 6.45) is 0. The maximum atomic E-state index is 4.97. The Morgan fingerprint density at radius 2 is 2.00 bits per heavy atom. The second kappa shape index (κ2) is 7.60. The van der Waals surface area contributed by atoms with Crippen molar-refractivity contribution in [1.29, 1.82) is 0 Å². The number of ether oxygens (including phenoxy) is 1. The van der Waals surface area contributed by atoms with Gasteiger partial charge in [-0.2, -0.15) is 11.8 Å². The lowest BCUT2D eigenvalue weighted by Gasteiger charge is -2.06. The van der Waals surface area contributed by atoms with Gasteiger partial charge in [0.1, 0.15) is 0 Å². The lowest BCUT2D eigenvalue weighted by atomic mass is 10.2. The minimum absolute atomic E-state index is 0.743. The van der Waals surface area contributed by atoms with Crippen LogP contribution in [0.3, 0.4) is 0 Å². The van der Waals surface area contributed by atoms with Crippen molar-refractivity contribution in [3.63, 3.8) is 0 Å². The highest BCUT2D eigenvalue weighted by atomic mass is 32.2. The molecule has 1 N–H and O–H groups in total. The highest BCUT2D eigenvalue weighted by Crippen LogP contribution is 2.14. The first-order valence-corrected chi connectivity index (χ1v) is 6.41. The molecule has 0 saturated heterocycles. The summed E-state index contributed by atoms with van der Waals surface area (Å²) < 4.78 is 4.97. The van der Waals surface area contributed by atoms with Crippen molar-refractivity contribution in [1.82, 2.24) is 0 Å². The Labute approximate surface area is 96.4 Å². The van der Waals surface area contributed by atoms with E-state index >= 15 is 0 Å². The Kier molecular flexibility index (Phi) is 6.28. The SMILES string of the molecule is CCSCc1ccc(NCCOC)cc1. The molecule has 1 aromatic carbocycles. The van der Waals surface area contributed by atoms with Crippen molar-refractivity contribution in [2.45, 2.75) is 12.7 Å². The van der Waals surface area contributed by atoms with E-state index in [2.05, 4.69) is 36.5 Å². The number of benzene rings is 1. The molecule has 0 radical (unpaired) electrons. The predicted octanol–water partition coefficient (Wildman–Crippen LogP) is 3.00. The average Bonchev–Trinajstić information content (AvgIpc) is 2.28. The molecule has 0 aliphatic carbocycles. The largest absolute Gasteiger partial charge is 0.383 e. The molecule has 1 rings (SSSR count). The van der Waals surface area contributed by atoms with Gasteiger partial charge >= 0.3 is 0 Å². The zero-order valence-corrected chi connectivity index (χ0v) is 10.3. The fourth-order valence-corrected chi connectivity index (χ4v) is 1.87. The second-order valence-corrected chi connectivity index (χ2v) is 4.53. The molecular formula is C12H19NOS. The van der Waals surface area contributed by atoms with Crippen LogP contribution >= 0.6 is 11.8 Å². The van der Waals surface area contributed by atoms with Crippen LogP contribution in [0.25, 0.3) is 0 Å². The van der Waals surface area contributed by atoms with E-state index in [0.717, 1.165) is 24.6 Å². The molecule has 0 heterocycles. The molecule has 0 spiro atoms. The van der Waals surface area contributed by atoms with Crippen LogP contribution in [-0.4, -0.2) is 26.0 Å². The van der Waals surface area contributed by atoms with Crippen molar-refractivity contribution in [3.05, 3.63) is 29.8 Å². The molecule has 0 unspecified atom stereocenters. The van der Waals surface area contributed by atoms with Crippen LogP contribution in [-0.2, 0) is 10.5 Å². The molecule has 15 heavy (non-hydrogen) atoms. The van der Waals surface area contributed by atoms with Crippen LogP contribution in [0.1, 0.15) is 12.5 Å². The van der Waals surface area contributed by atoms with Gasteiger partial charge in [-0.25, -0.2) is 0 Å². The number of methoxy groups -OCH3 is 1. The Balaban J connectivity index is 2.35. The summed E-state index contributed by atoms with van der Waals surface area (Å²) in [5, 5.41) is 3.30. The van der Waals surface area contributed by atoms with E-state index in [9.17, 15) is 0 Å². The van der Waals surface area contributed by atoms with E-state index in [4.69, 9.17) is 4.74 Å². The molecule has 0 amide bonds. The van der Waals surface area contributed by atoms with E-state index in [1.165, 1.54) is 11.3 Å². The molecule has 3 heteroatoms. The number of anilines is 1. The Morgan fingerprint density at radius 1 is 1.27 bits per heavy atom. The van der Waals surface area contributed by atoms with Crippen LogP contribution in [0.15, 0.2) is 24.3 Å². The minimum atomic E-state index is 0.743. The van der Waals surface area contributed by atoms with E-state index in [1.54, 1.807) is 7.11 Å². The molecule has 0 saturated carbocycles. The maximum Gasteiger partial charge on any atom is 0.0635 e. The van der Waals surface area contributed by atoms with Gasteiger partial charge in [0.2, 0.25) is 0 Å². The van der Waals surface area contributed by atoms with Crippen molar-refractivity contribution in [3.8, 4) is 0 Å². The maximum absolute atomic E-state index is 4.97. The molecule has 0 aromatic heterocycles. The van der Waals surface area contributed by atoms with Gasteiger partial charge in [-0.15, -0.1) is 0 Å². The lowest BCUT2D eigenvalue weighted by Crippen LogP contribution is -2.07. The molecule has 0 atom stereocenters. The summed E-state index contributed by atoms with van der Waals surface area (Å²) in [6, 6.07) is 8.61. The van der Waals surface area contributed by atoms with Gasteiger partial charge in [0, 0.05) is 25.1 Å². The monoisotopic (exact) mass is 225 g/mol. The Hall–Kier alpha value is -0.670. The Morgan fingerprint density at radius 3 is 2.60 bits per heavy atom. The van der Waals surface area contributed by atoms with Crippen molar-refractivity contribution in [2.24, 2.45) is 0 Å². The van der Waals surface area contributed by atoms with Crippen molar-refractivity contribution in [2.75, 3.05) is 31.3 Å². The van der Waals surface area contributed by atoms with Gasteiger partial charge in [0.25, 0.3) is 0 Å². The van der Waals surface area contributed by atoms with E-state index in [-0.39, 0.29) is 0 Å². The van der Waals surface area contributed by atoms with Crippen LogP contribution in [0.4, 0.5) is 5.69 Å². The summed E-state index contributed by atoms with van der Waals surface area (Å²) in [5.74, 6) is 2.28. The number of hydrogen-bond donors (Lipinski definition) is 1. The van der Waals surface area contributed by atoms with Gasteiger partial charge in [0.15, 0.2) is 0 Å². The number of nitrogens with one attached hydrogen (secondary N) is 1. The Bertz CT molecular complexity index is 261. The minimum Gasteiger partial charge on any atom is -0.383 e. The second-order valence-electron chi connectivity index (χ2n) is 3.25. The summed E-state index contributed by atoms with van der Waals surface area (Å²) >= 11 is 1.95. The first-order chi connectivity index (χ1) is 7.36. The molecule has 0 bridgehead atoms. The van der Waals surface area contributed by atoms with E-state index in [1.807, 2.05) is 11.8 Å². The van der Waals surface area contributed by atoms with Gasteiger partial charge in [-0.05, 0) is 23.4 Å². The van der Waals surface area contributed by atoms with Gasteiger partial charge in [0.05, 0.1) is 6.61 Å². The smallest absolute Gasteiger partial charge is 0.0635 e. The van der Waals surface area contributed by atoms with Gasteiger partial charge in [-0.1, -0.05) is 19.1 Å². The van der Waals surface area contributed by atoms with Crippen LogP contribution in [0.5, 0.6) is 0 Å². The highest BCUT2D eigenvalue weighted by Gasteiger charge is 1.94. The topological polar surface area (TPSA) is 21.3 Å². The van der Waals surface area contributed by atoms with Crippen LogP contribution < -0.4 is 5.32 Å². The quantitative estimate of drug-likeness (QED) is 0.721. The third-order valence-corrected chi connectivity index (χ3v) is 3.01. The molecule has 0 fully saturated rings. The number of rotatable bonds is 7. The average molecular weight is 225 g/mol. The van der Waals surface area contributed by atoms with Crippen molar-refractivity contribution >= 4 is 17.4 Å². The van der Waals surface area contributed by atoms with E-state index in [0.29, 0.717) is 0 Å². The summed E-state index contributed by atoms with van der Waals surface area (Å²) in [4.78, 5) is 0. The zero-order chi connectivity index (χ0) is 10.9. The molecule has 0 aliphatic rings. The standard InChI is InChI=1S/C12H19NOS/c1-3-15-10-11-4-6-12(7-5-11)13-8-9-14-2/h4-7,13H,3,8-10H2,1-2H3. The van der Waals surface area contributed by atoms with Crippen LogP contribution in [0.2, 0.25) is 0 Å². The predicted molar refractivity (Wildman–Crippen MR) is 68.6 cm³/mol. The first-order valence-electron chi connectivity index (χ1n) is 5.26. The molecule has 0 aliphatic heterocycles. The van der Waals surface area contributed by atoms with Gasteiger partial charge < -0.3 is 10.1 Å². The fraction of sp³-hybridized carbons (Fsp3) is 0.500. The van der Waals surface area contributed by atoms with Crippen molar-refractivity contribution < 1.29 is 4.74 Å². The summed E-state index contributed by atoms with van der Waals surface area (Å²) in [5.41, 5.74) is 2.55. The zero-order valence-electron chi connectivity index (χ0n) is 9.45.